The van der Waals surface area contributed by atoms with Crippen molar-refractivity contribution in [1.29, 1.82) is 0 Å². The van der Waals surface area contributed by atoms with Crippen LogP contribution >= 0.6 is 24.0 Å². The van der Waals surface area contributed by atoms with Gasteiger partial charge in [0.2, 0.25) is 0 Å². The van der Waals surface area contributed by atoms with Crippen molar-refractivity contribution in [1.82, 2.24) is 20.4 Å². The van der Waals surface area contributed by atoms with Crippen molar-refractivity contribution in [2.75, 3.05) is 61.0 Å². The molecule has 1 fully saturated rings. The molecule has 1 aliphatic heterocycles. The lowest BCUT2D eigenvalue weighted by molar-refractivity contribution is 0.0891. The van der Waals surface area contributed by atoms with Gasteiger partial charge in [-0.3, -0.25) is 9.89 Å². The molecular formula is C25H38IN5O2. The van der Waals surface area contributed by atoms with Crippen molar-refractivity contribution in [3.63, 3.8) is 0 Å². The summed E-state index contributed by atoms with van der Waals surface area (Å²) < 4.78 is 10.8. The van der Waals surface area contributed by atoms with Gasteiger partial charge in [-0.15, -0.1) is 24.0 Å². The summed E-state index contributed by atoms with van der Waals surface area (Å²) in [6.07, 6.45) is 1.06. The summed E-state index contributed by atoms with van der Waals surface area (Å²) in [5.74, 6) is 2.38. The Morgan fingerprint density at radius 2 is 1.85 bits per heavy atom. The molecule has 182 valence electrons. The second-order valence-corrected chi connectivity index (χ2v) is 8.11. The summed E-state index contributed by atoms with van der Waals surface area (Å²) in [6.45, 7) is 5.84. The van der Waals surface area contributed by atoms with E-state index in [2.05, 4.69) is 62.8 Å². The largest absolute Gasteiger partial charge is 0.497 e. The summed E-state index contributed by atoms with van der Waals surface area (Å²) in [4.78, 5) is 9.39. The minimum absolute atomic E-state index is 0. The van der Waals surface area contributed by atoms with Crippen LogP contribution in [-0.2, 0) is 6.54 Å². The maximum Gasteiger partial charge on any atom is 0.191 e. The van der Waals surface area contributed by atoms with E-state index < -0.39 is 0 Å². The molecule has 1 unspecified atom stereocenters. The normalized spacial score (nSPS) is 17.2. The molecule has 2 N–H and O–H groups in total. The first-order chi connectivity index (χ1) is 15.6. The topological polar surface area (TPSA) is 61.4 Å². The maximum atomic E-state index is 5.48. The third kappa shape index (κ3) is 8.04. The molecule has 1 heterocycles. The molecule has 0 aliphatic carbocycles. The highest BCUT2D eigenvalue weighted by Gasteiger charge is 2.25. The molecule has 0 radical (unpaired) electrons. The number of guanidine groups is 1. The van der Waals surface area contributed by atoms with Crippen LogP contribution in [0.15, 0.2) is 53.5 Å². The van der Waals surface area contributed by atoms with Crippen LogP contribution in [0, 0.1) is 0 Å². The SMILES string of the molecule is CN=C(NCCCN1CCN(C)CC1c1ccccc1)NCc1ccc(OC)cc1OC.I. The van der Waals surface area contributed by atoms with E-state index in [1.165, 1.54) is 5.56 Å². The highest BCUT2D eigenvalue weighted by molar-refractivity contribution is 14.0. The average Bonchev–Trinajstić information content (AvgIpc) is 2.84. The van der Waals surface area contributed by atoms with Crippen LogP contribution in [-0.4, -0.2) is 76.8 Å². The molecule has 0 bridgehead atoms. The highest BCUT2D eigenvalue weighted by atomic mass is 127. The first kappa shape index (κ1) is 27.2. The minimum atomic E-state index is 0. The molecule has 1 saturated heterocycles. The van der Waals surface area contributed by atoms with Crippen LogP contribution in [0.2, 0.25) is 0 Å². The molecule has 3 rings (SSSR count). The van der Waals surface area contributed by atoms with E-state index in [0.29, 0.717) is 12.6 Å². The molecule has 1 atom stereocenters. The van der Waals surface area contributed by atoms with Crippen LogP contribution in [0.1, 0.15) is 23.6 Å². The molecule has 0 saturated carbocycles. The number of hydrogen-bond acceptors (Lipinski definition) is 5. The van der Waals surface area contributed by atoms with Gasteiger partial charge in [0.1, 0.15) is 11.5 Å². The van der Waals surface area contributed by atoms with Crippen molar-refractivity contribution >= 4 is 29.9 Å². The van der Waals surface area contributed by atoms with Gasteiger partial charge in [-0.2, -0.15) is 0 Å². The predicted molar refractivity (Wildman–Crippen MR) is 146 cm³/mol. The number of aliphatic imine (C=N–C) groups is 1. The smallest absolute Gasteiger partial charge is 0.191 e. The number of nitrogens with one attached hydrogen (secondary N) is 2. The Morgan fingerprint density at radius 1 is 1.06 bits per heavy atom. The second-order valence-electron chi connectivity index (χ2n) is 8.11. The van der Waals surface area contributed by atoms with Gasteiger partial charge in [0.25, 0.3) is 0 Å². The Hall–Kier alpha value is -2.04. The lowest BCUT2D eigenvalue weighted by Gasteiger charge is -2.40. The van der Waals surface area contributed by atoms with Crippen LogP contribution in [0.3, 0.4) is 0 Å². The van der Waals surface area contributed by atoms with Crippen LogP contribution in [0.25, 0.3) is 0 Å². The van der Waals surface area contributed by atoms with Crippen molar-refractivity contribution in [3.05, 3.63) is 59.7 Å². The quantitative estimate of drug-likeness (QED) is 0.210. The van der Waals surface area contributed by atoms with E-state index in [1.54, 1.807) is 21.3 Å². The summed E-state index contributed by atoms with van der Waals surface area (Å²) in [5.41, 5.74) is 2.46. The molecular weight excluding hydrogens is 529 g/mol. The molecule has 0 spiro atoms. The van der Waals surface area contributed by atoms with Crippen molar-refractivity contribution < 1.29 is 9.47 Å². The van der Waals surface area contributed by atoms with E-state index >= 15 is 0 Å². The number of hydrogen-bond donors (Lipinski definition) is 2. The number of benzene rings is 2. The molecule has 8 heteroatoms. The number of likely N-dealkylation sites (N-methyl/N-ethyl adjacent to an activating group) is 1. The first-order valence-electron chi connectivity index (χ1n) is 11.3. The zero-order valence-electron chi connectivity index (χ0n) is 20.2. The van der Waals surface area contributed by atoms with E-state index in [9.17, 15) is 0 Å². The standard InChI is InChI=1S/C25H37N5O2.HI/c1-26-25(28-18-21-11-12-22(31-3)17-24(21)32-4)27-13-8-14-30-16-15-29(2)19-23(30)20-9-6-5-7-10-20;/h5-7,9-12,17,23H,8,13-16,18-19H2,1-4H3,(H2,26,27,28);1H. The zero-order chi connectivity index (χ0) is 22.8. The number of nitrogens with zero attached hydrogens (tertiary/aromatic N) is 3. The van der Waals surface area contributed by atoms with Gasteiger partial charge < -0.3 is 25.0 Å². The molecule has 0 aromatic heterocycles. The van der Waals surface area contributed by atoms with Gasteiger partial charge in [-0.25, -0.2) is 0 Å². The Morgan fingerprint density at radius 3 is 2.55 bits per heavy atom. The number of methoxy groups -OCH3 is 2. The summed E-state index contributed by atoms with van der Waals surface area (Å²) in [5, 5.41) is 6.81. The van der Waals surface area contributed by atoms with Crippen molar-refractivity contribution in [2.45, 2.75) is 19.0 Å². The summed E-state index contributed by atoms with van der Waals surface area (Å²) in [6, 6.07) is 17.1. The molecule has 2 aromatic carbocycles. The van der Waals surface area contributed by atoms with Gasteiger partial charge in [0.15, 0.2) is 5.96 Å². The van der Waals surface area contributed by atoms with Crippen LogP contribution < -0.4 is 20.1 Å². The summed E-state index contributed by atoms with van der Waals surface area (Å²) in [7, 11) is 7.34. The fourth-order valence-electron chi connectivity index (χ4n) is 4.10. The number of ether oxygens (including phenoxy) is 2. The van der Waals surface area contributed by atoms with Crippen molar-refractivity contribution in [2.24, 2.45) is 4.99 Å². The second kappa shape index (κ2) is 14.3. The highest BCUT2D eigenvalue weighted by Crippen LogP contribution is 2.25. The number of piperazine rings is 1. The predicted octanol–water partition coefficient (Wildman–Crippen LogP) is 3.37. The Bertz CT molecular complexity index is 865. The molecule has 7 nitrogen and oxygen atoms in total. The van der Waals surface area contributed by atoms with Gasteiger partial charge in [-0.1, -0.05) is 30.3 Å². The fourth-order valence-corrected chi connectivity index (χ4v) is 4.10. The average molecular weight is 568 g/mol. The maximum absolute atomic E-state index is 5.48. The molecule has 2 aromatic rings. The summed E-state index contributed by atoms with van der Waals surface area (Å²) >= 11 is 0. The van der Waals surface area contributed by atoms with Gasteiger partial charge in [0, 0.05) is 64.0 Å². The Kier molecular flexibility index (Phi) is 11.8. The Labute approximate surface area is 215 Å². The van der Waals surface area contributed by atoms with Gasteiger partial charge in [0.05, 0.1) is 14.2 Å². The minimum Gasteiger partial charge on any atom is -0.497 e. The monoisotopic (exact) mass is 567 g/mol. The molecule has 1 aliphatic rings. The van der Waals surface area contributed by atoms with E-state index in [4.69, 9.17) is 9.47 Å². The van der Waals surface area contributed by atoms with Crippen LogP contribution in [0.4, 0.5) is 0 Å². The Balaban J connectivity index is 0.00000385. The van der Waals surface area contributed by atoms with Gasteiger partial charge >= 0.3 is 0 Å². The molecule has 0 amide bonds. The van der Waals surface area contributed by atoms with E-state index in [-0.39, 0.29) is 24.0 Å². The van der Waals surface area contributed by atoms with E-state index in [1.807, 2.05) is 18.2 Å². The third-order valence-electron chi connectivity index (χ3n) is 5.96. The fraction of sp³-hybridized carbons (Fsp3) is 0.480. The third-order valence-corrected chi connectivity index (χ3v) is 5.96. The van der Waals surface area contributed by atoms with E-state index in [0.717, 1.165) is 62.2 Å². The number of rotatable bonds is 9. The lowest BCUT2D eigenvalue weighted by Crippen LogP contribution is -2.47. The van der Waals surface area contributed by atoms with Gasteiger partial charge in [-0.05, 0) is 31.2 Å². The van der Waals surface area contributed by atoms with Crippen molar-refractivity contribution in [3.8, 4) is 11.5 Å². The zero-order valence-corrected chi connectivity index (χ0v) is 22.5. The lowest BCUT2D eigenvalue weighted by atomic mass is 10.0. The molecule has 33 heavy (non-hydrogen) atoms. The first-order valence-corrected chi connectivity index (χ1v) is 11.3. The van der Waals surface area contributed by atoms with Crippen LogP contribution in [0.5, 0.6) is 11.5 Å². The number of halogens is 1.